The van der Waals surface area contributed by atoms with Crippen LogP contribution in [0.3, 0.4) is 0 Å². The van der Waals surface area contributed by atoms with Crippen LogP contribution in [0, 0.1) is 5.92 Å². The third-order valence-electron chi connectivity index (χ3n) is 3.67. The van der Waals surface area contributed by atoms with Crippen molar-refractivity contribution in [3.05, 3.63) is 24.3 Å². The van der Waals surface area contributed by atoms with Gasteiger partial charge in [-0.15, -0.1) is 0 Å². The van der Waals surface area contributed by atoms with Gasteiger partial charge in [0.05, 0.1) is 19.6 Å². The molecule has 1 N–H and O–H groups in total. The van der Waals surface area contributed by atoms with E-state index in [0.717, 1.165) is 30.8 Å². The highest BCUT2D eigenvalue weighted by Gasteiger charge is 2.27. The van der Waals surface area contributed by atoms with Crippen LogP contribution in [0.5, 0.6) is 5.75 Å². The lowest BCUT2D eigenvalue weighted by molar-refractivity contribution is -0.149. The zero-order chi connectivity index (χ0) is 15.9. The highest BCUT2D eigenvalue weighted by atomic mass is 32.1. The number of hydrogen-bond donors (Lipinski definition) is 1. The molecular formula is C16H22N2O3S. The number of piperidine rings is 1. The summed E-state index contributed by atoms with van der Waals surface area (Å²) in [6, 6.07) is 7.58. The maximum Gasteiger partial charge on any atom is 0.310 e. The largest absolute Gasteiger partial charge is 0.497 e. The van der Waals surface area contributed by atoms with Gasteiger partial charge < -0.3 is 19.7 Å². The van der Waals surface area contributed by atoms with Crippen LogP contribution in [0.25, 0.3) is 0 Å². The number of benzene rings is 1. The second kappa shape index (κ2) is 7.98. The lowest BCUT2D eigenvalue weighted by atomic mass is 9.98. The number of anilines is 1. The molecule has 0 amide bonds. The molecule has 0 aliphatic carbocycles. The highest BCUT2D eigenvalue weighted by molar-refractivity contribution is 7.80. The molecule has 1 aliphatic rings. The third kappa shape index (κ3) is 4.34. The normalized spacial score (nSPS) is 17.7. The van der Waals surface area contributed by atoms with E-state index in [4.69, 9.17) is 21.7 Å². The maximum atomic E-state index is 11.9. The number of methoxy groups -OCH3 is 1. The molecule has 0 saturated carbocycles. The zero-order valence-corrected chi connectivity index (χ0v) is 13.8. The monoisotopic (exact) mass is 322 g/mol. The van der Waals surface area contributed by atoms with Crippen molar-refractivity contribution in [2.24, 2.45) is 5.92 Å². The summed E-state index contributed by atoms with van der Waals surface area (Å²) < 4.78 is 10.2. The Morgan fingerprint density at radius 1 is 1.41 bits per heavy atom. The van der Waals surface area contributed by atoms with Crippen LogP contribution in [0.15, 0.2) is 24.3 Å². The van der Waals surface area contributed by atoms with Crippen molar-refractivity contribution in [2.45, 2.75) is 19.8 Å². The molecule has 1 aliphatic heterocycles. The minimum Gasteiger partial charge on any atom is -0.497 e. The fourth-order valence-corrected chi connectivity index (χ4v) is 2.77. The highest BCUT2D eigenvalue weighted by Crippen LogP contribution is 2.20. The minimum atomic E-state index is -0.126. The van der Waals surface area contributed by atoms with Crippen LogP contribution in [0.4, 0.5) is 5.69 Å². The van der Waals surface area contributed by atoms with Crippen molar-refractivity contribution in [1.82, 2.24) is 4.90 Å². The predicted octanol–water partition coefficient (Wildman–Crippen LogP) is 2.67. The maximum absolute atomic E-state index is 11.9. The van der Waals surface area contributed by atoms with Gasteiger partial charge in [0.25, 0.3) is 0 Å². The quantitative estimate of drug-likeness (QED) is 0.679. The Hall–Kier alpha value is -1.82. The van der Waals surface area contributed by atoms with Crippen molar-refractivity contribution in [3.63, 3.8) is 0 Å². The van der Waals surface area contributed by atoms with E-state index in [1.54, 1.807) is 7.11 Å². The summed E-state index contributed by atoms with van der Waals surface area (Å²) >= 11 is 5.45. The second-order valence-electron chi connectivity index (χ2n) is 5.20. The van der Waals surface area contributed by atoms with Gasteiger partial charge in [-0.3, -0.25) is 4.79 Å². The Morgan fingerprint density at radius 2 is 2.14 bits per heavy atom. The lowest BCUT2D eigenvalue weighted by Crippen LogP contribution is -2.44. The van der Waals surface area contributed by atoms with E-state index in [2.05, 4.69) is 5.32 Å². The number of carbonyl (C=O) groups is 1. The molecule has 120 valence electrons. The molecule has 1 aromatic carbocycles. The van der Waals surface area contributed by atoms with E-state index < -0.39 is 0 Å². The minimum absolute atomic E-state index is 0.0932. The molecule has 1 heterocycles. The second-order valence-corrected chi connectivity index (χ2v) is 5.58. The van der Waals surface area contributed by atoms with Gasteiger partial charge in [0.1, 0.15) is 5.75 Å². The third-order valence-corrected chi connectivity index (χ3v) is 4.03. The fraction of sp³-hybridized carbons (Fsp3) is 0.500. The van der Waals surface area contributed by atoms with Crippen molar-refractivity contribution >= 4 is 29.0 Å². The molecule has 1 atom stereocenters. The van der Waals surface area contributed by atoms with Crippen LogP contribution >= 0.6 is 12.2 Å². The van der Waals surface area contributed by atoms with E-state index in [1.165, 1.54) is 0 Å². The average molecular weight is 322 g/mol. The SMILES string of the molecule is CCOC(=O)[C@@H]1CCCN(C(=S)Nc2ccc(OC)cc2)C1. The van der Waals surface area contributed by atoms with E-state index in [0.29, 0.717) is 18.3 Å². The molecule has 22 heavy (non-hydrogen) atoms. The van der Waals surface area contributed by atoms with Gasteiger partial charge in [-0.1, -0.05) is 0 Å². The van der Waals surface area contributed by atoms with E-state index >= 15 is 0 Å². The molecular weight excluding hydrogens is 300 g/mol. The van der Waals surface area contributed by atoms with Gasteiger partial charge in [0.15, 0.2) is 5.11 Å². The molecule has 5 nitrogen and oxygen atoms in total. The van der Waals surface area contributed by atoms with Crippen molar-refractivity contribution < 1.29 is 14.3 Å². The number of nitrogens with one attached hydrogen (secondary N) is 1. The Kier molecular flexibility index (Phi) is 6.00. The van der Waals surface area contributed by atoms with Gasteiger partial charge in [-0.2, -0.15) is 0 Å². The van der Waals surface area contributed by atoms with E-state index in [1.807, 2.05) is 36.1 Å². The molecule has 0 spiro atoms. The smallest absolute Gasteiger partial charge is 0.310 e. The van der Waals surface area contributed by atoms with E-state index in [-0.39, 0.29) is 11.9 Å². The van der Waals surface area contributed by atoms with Crippen molar-refractivity contribution in [3.8, 4) is 5.75 Å². The van der Waals surface area contributed by atoms with Gasteiger partial charge in [0.2, 0.25) is 0 Å². The number of esters is 1. The number of rotatable bonds is 4. The Labute approximate surface area is 136 Å². The first kappa shape index (κ1) is 16.5. The summed E-state index contributed by atoms with van der Waals surface area (Å²) in [5.74, 6) is 0.584. The van der Waals surface area contributed by atoms with Crippen molar-refractivity contribution in [2.75, 3.05) is 32.1 Å². The molecule has 0 aromatic heterocycles. The summed E-state index contributed by atoms with van der Waals surface area (Å²) in [5, 5.41) is 3.84. The molecule has 0 unspecified atom stereocenters. The molecule has 0 bridgehead atoms. The zero-order valence-electron chi connectivity index (χ0n) is 13.0. The standard InChI is InChI=1S/C16H22N2O3S/c1-3-21-15(19)12-5-4-10-18(11-12)16(22)17-13-6-8-14(20-2)9-7-13/h6-9,12H,3-5,10-11H2,1-2H3,(H,17,22)/t12-/m1/s1. The van der Waals surface area contributed by atoms with Crippen LogP contribution in [0.2, 0.25) is 0 Å². The summed E-state index contributed by atoms with van der Waals surface area (Å²) in [5.41, 5.74) is 0.907. The van der Waals surface area contributed by atoms with Gasteiger partial charge in [-0.25, -0.2) is 0 Å². The summed E-state index contributed by atoms with van der Waals surface area (Å²) in [6.45, 7) is 3.72. The fourth-order valence-electron chi connectivity index (χ4n) is 2.49. The van der Waals surface area contributed by atoms with Gasteiger partial charge >= 0.3 is 5.97 Å². The van der Waals surface area contributed by atoms with Crippen LogP contribution in [-0.2, 0) is 9.53 Å². The summed E-state index contributed by atoms with van der Waals surface area (Å²) in [6.07, 6.45) is 1.80. The van der Waals surface area contributed by atoms with Crippen molar-refractivity contribution in [1.29, 1.82) is 0 Å². The molecule has 0 radical (unpaired) electrons. The number of ether oxygens (including phenoxy) is 2. The van der Waals surface area contributed by atoms with E-state index in [9.17, 15) is 4.79 Å². The number of hydrogen-bond acceptors (Lipinski definition) is 4. The first-order chi connectivity index (χ1) is 10.6. The molecule has 6 heteroatoms. The van der Waals surface area contributed by atoms with Gasteiger partial charge in [0, 0.05) is 18.8 Å². The number of likely N-dealkylation sites (tertiary alicyclic amines) is 1. The molecule has 1 aromatic rings. The topological polar surface area (TPSA) is 50.8 Å². The summed E-state index contributed by atoms with van der Waals surface area (Å²) in [4.78, 5) is 13.9. The predicted molar refractivity (Wildman–Crippen MR) is 90.1 cm³/mol. The molecule has 2 rings (SSSR count). The van der Waals surface area contributed by atoms with Crippen LogP contribution in [0.1, 0.15) is 19.8 Å². The number of nitrogens with zero attached hydrogens (tertiary/aromatic N) is 1. The molecule has 1 fully saturated rings. The average Bonchev–Trinajstić information content (AvgIpc) is 2.56. The van der Waals surface area contributed by atoms with Gasteiger partial charge in [-0.05, 0) is 56.2 Å². The first-order valence-electron chi connectivity index (χ1n) is 7.50. The lowest BCUT2D eigenvalue weighted by Gasteiger charge is -2.33. The van der Waals surface area contributed by atoms with Crippen LogP contribution < -0.4 is 10.1 Å². The Bertz CT molecular complexity index is 519. The van der Waals surface area contributed by atoms with Crippen LogP contribution in [-0.4, -0.2) is 42.8 Å². The number of thiocarbonyl (C=S) groups is 1. The first-order valence-corrected chi connectivity index (χ1v) is 7.91. The Morgan fingerprint density at radius 3 is 2.77 bits per heavy atom. The number of carbonyl (C=O) groups excluding carboxylic acids is 1. The Balaban J connectivity index is 1.92. The summed E-state index contributed by atoms with van der Waals surface area (Å²) in [7, 11) is 1.64. The molecule has 1 saturated heterocycles.